The third-order valence-corrected chi connectivity index (χ3v) is 9.97. The molecule has 0 atom stereocenters. The summed E-state index contributed by atoms with van der Waals surface area (Å²) >= 11 is 1.87. The van der Waals surface area contributed by atoms with Crippen molar-refractivity contribution in [2.24, 2.45) is 0 Å². The lowest BCUT2D eigenvalue weighted by atomic mass is 9.96. The lowest BCUT2D eigenvalue weighted by molar-refractivity contribution is 0.796. The van der Waals surface area contributed by atoms with E-state index in [1.165, 1.54) is 76.9 Å². The van der Waals surface area contributed by atoms with E-state index in [4.69, 9.17) is 0 Å². The molecule has 0 aliphatic rings. The third kappa shape index (κ3) is 4.72. The van der Waals surface area contributed by atoms with Gasteiger partial charge in [0, 0.05) is 36.9 Å². The summed E-state index contributed by atoms with van der Waals surface area (Å²) in [7, 11) is 0. The molecular formula is C42H33NS. The lowest BCUT2D eigenvalue weighted by Gasteiger charge is -2.28. The molecule has 8 aromatic rings. The van der Waals surface area contributed by atoms with Crippen molar-refractivity contribution < 1.29 is 0 Å². The summed E-state index contributed by atoms with van der Waals surface area (Å²) in [5, 5.41) is 7.78. The van der Waals surface area contributed by atoms with Crippen molar-refractivity contribution in [3.8, 4) is 11.1 Å². The normalized spacial score (nSPS) is 11.6. The van der Waals surface area contributed by atoms with Crippen LogP contribution in [-0.2, 0) is 6.42 Å². The minimum Gasteiger partial charge on any atom is -0.310 e. The summed E-state index contributed by atoms with van der Waals surface area (Å²) in [6.07, 6.45) is 3.55. The van der Waals surface area contributed by atoms with Crippen molar-refractivity contribution in [2.75, 3.05) is 4.90 Å². The topological polar surface area (TPSA) is 3.24 Å². The maximum absolute atomic E-state index is 2.45. The number of thiophene rings is 1. The van der Waals surface area contributed by atoms with Crippen LogP contribution >= 0.6 is 11.3 Å². The van der Waals surface area contributed by atoms with Gasteiger partial charge in [-0.1, -0.05) is 116 Å². The van der Waals surface area contributed by atoms with Gasteiger partial charge in [-0.2, -0.15) is 0 Å². The molecule has 0 spiro atoms. The molecular weight excluding hydrogens is 551 g/mol. The molecule has 1 heterocycles. The molecule has 7 aromatic carbocycles. The molecule has 1 aromatic heterocycles. The number of nitrogens with zero attached hydrogens (tertiary/aromatic N) is 1. The number of fused-ring (bicyclic) bond motifs is 6. The van der Waals surface area contributed by atoms with E-state index in [0.717, 1.165) is 17.8 Å². The molecule has 0 fully saturated rings. The van der Waals surface area contributed by atoms with Crippen LogP contribution in [0.15, 0.2) is 146 Å². The minimum absolute atomic E-state index is 1.12. The first kappa shape index (κ1) is 26.7. The molecule has 212 valence electrons. The molecule has 2 heteroatoms. The van der Waals surface area contributed by atoms with E-state index < -0.39 is 0 Å². The van der Waals surface area contributed by atoms with Gasteiger partial charge >= 0.3 is 0 Å². The van der Waals surface area contributed by atoms with Crippen LogP contribution in [0.4, 0.5) is 17.1 Å². The first-order valence-electron chi connectivity index (χ1n) is 15.6. The molecule has 0 saturated carbocycles. The molecule has 8 rings (SSSR count). The summed E-state index contributed by atoms with van der Waals surface area (Å²) in [5.41, 5.74) is 7.37. The second-order valence-corrected chi connectivity index (χ2v) is 12.7. The monoisotopic (exact) mass is 583 g/mol. The van der Waals surface area contributed by atoms with Crippen molar-refractivity contribution in [1.82, 2.24) is 0 Å². The smallest absolute Gasteiger partial charge is 0.0546 e. The van der Waals surface area contributed by atoms with Gasteiger partial charge in [-0.05, 0) is 88.2 Å². The zero-order valence-electron chi connectivity index (χ0n) is 24.8. The van der Waals surface area contributed by atoms with Crippen LogP contribution in [-0.4, -0.2) is 0 Å². The third-order valence-electron chi connectivity index (χ3n) is 8.81. The molecule has 1 nitrogen and oxygen atoms in total. The molecule has 0 N–H and O–H groups in total. The van der Waals surface area contributed by atoms with Gasteiger partial charge < -0.3 is 4.90 Å². The second-order valence-electron chi connectivity index (χ2n) is 11.6. The van der Waals surface area contributed by atoms with E-state index >= 15 is 0 Å². The van der Waals surface area contributed by atoms with E-state index in [1.54, 1.807) is 0 Å². The summed E-state index contributed by atoms with van der Waals surface area (Å²) in [6, 6.07) is 53.7. The summed E-state index contributed by atoms with van der Waals surface area (Å²) in [5.74, 6) is 0. The summed E-state index contributed by atoms with van der Waals surface area (Å²) < 4.78 is 2.64. The van der Waals surface area contributed by atoms with Crippen molar-refractivity contribution >= 4 is 70.1 Å². The number of aryl methyl sites for hydroxylation is 1. The van der Waals surface area contributed by atoms with Gasteiger partial charge in [-0.25, -0.2) is 0 Å². The number of anilines is 3. The Morgan fingerprint density at radius 2 is 1.18 bits per heavy atom. The SMILES string of the molecule is CCCCc1ccc2cc(N(c3ccc(-c4ccccc4)cc3)c3ccc4sc5ccccc5c4c3)c3ccccc3c2c1. The Bertz CT molecular complexity index is 2260. The highest BCUT2D eigenvalue weighted by Crippen LogP contribution is 2.44. The Hall–Kier alpha value is -4.92. The molecule has 0 amide bonds. The fourth-order valence-electron chi connectivity index (χ4n) is 6.56. The Morgan fingerprint density at radius 3 is 2.00 bits per heavy atom. The van der Waals surface area contributed by atoms with E-state index in [1.807, 2.05) is 11.3 Å². The Kier molecular flexibility index (Phi) is 6.85. The lowest BCUT2D eigenvalue weighted by Crippen LogP contribution is -2.10. The van der Waals surface area contributed by atoms with Crippen molar-refractivity contribution in [1.29, 1.82) is 0 Å². The van der Waals surface area contributed by atoms with Crippen LogP contribution in [0, 0.1) is 0 Å². The first-order valence-corrected chi connectivity index (χ1v) is 16.4. The van der Waals surface area contributed by atoms with Crippen LogP contribution < -0.4 is 4.90 Å². The van der Waals surface area contributed by atoms with Gasteiger partial charge in [-0.15, -0.1) is 11.3 Å². The molecule has 0 aliphatic heterocycles. The largest absolute Gasteiger partial charge is 0.310 e. The van der Waals surface area contributed by atoms with Gasteiger partial charge in [0.1, 0.15) is 0 Å². The van der Waals surface area contributed by atoms with Crippen molar-refractivity contribution in [3.63, 3.8) is 0 Å². The quantitative estimate of drug-likeness (QED) is 0.169. The Morgan fingerprint density at radius 1 is 0.500 bits per heavy atom. The van der Waals surface area contributed by atoms with Gasteiger partial charge in [-0.3, -0.25) is 0 Å². The number of benzene rings is 7. The van der Waals surface area contributed by atoms with Gasteiger partial charge in [0.05, 0.1) is 5.69 Å². The number of rotatable bonds is 7. The van der Waals surface area contributed by atoms with Crippen LogP contribution in [0.2, 0.25) is 0 Å². The Labute approximate surface area is 262 Å². The molecule has 0 bridgehead atoms. The van der Waals surface area contributed by atoms with Gasteiger partial charge in [0.25, 0.3) is 0 Å². The highest BCUT2D eigenvalue weighted by molar-refractivity contribution is 7.25. The molecule has 0 aliphatic carbocycles. The highest BCUT2D eigenvalue weighted by Gasteiger charge is 2.19. The first-order chi connectivity index (χ1) is 21.8. The van der Waals surface area contributed by atoms with Crippen molar-refractivity contribution in [2.45, 2.75) is 26.2 Å². The van der Waals surface area contributed by atoms with E-state index in [2.05, 4.69) is 157 Å². The maximum Gasteiger partial charge on any atom is 0.0546 e. The fourth-order valence-corrected chi connectivity index (χ4v) is 7.65. The van der Waals surface area contributed by atoms with E-state index in [9.17, 15) is 0 Å². The van der Waals surface area contributed by atoms with Crippen LogP contribution in [0.1, 0.15) is 25.3 Å². The predicted molar refractivity (Wildman–Crippen MR) is 193 cm³/mol. The average molecular weight is 584 g/mol. The number of unbranched alkanes of at least 4 members (excludes halogenated alkanes) is 1. The molecule has 0 radical (unpaired) electrons. The van der Waals surface area contributed by atoms with E-state index in [-0.39, 0.29) is 0 Å². The summed E-state index contributed by atoms with van der Waals surface area (Å²) in [4.78, 5) is 2.45. The van der Waals surface area contributed by atoms with Crippen LogP contribution in [0.3, 0.4) is 0 Å². The zero-order valence-corrected chi connectivity index (χ0v) is 25.6. The molecule has 44 heavy (non-hydrogen) atoms. The Balaban J connectivity index is 1.36. The van der Waals surface area contributed by atoms with Crippen LogP contribution in [0.25, 0.3) is 52.8 Å². The summed E-state index contributed by atoms with van der Waals surface area (Å²) in [6.45, 7) is 2.26. The average Bonchev–Trinajstić information content (AvgIpc) is 3.46. The maximum atomic E-state index is 2.45. The van der Waals surface area contributed by atoms with E-state index in [0.29, 0.717) is 0 Å². The standard InChI is InChI=1S/C42H33NS/c1-2-3-11-29-18-19-32-27-40(36-15-8-7-14-35(36)38(32)26-29)43(33-22-20-31(21-23-33)30-12-5-4-6-13-30)34-24-25-42-39(28-34)37-16-9-10-17-41(37)44-42/h4-10,12-28H,2-3,11H2,1H3. The van der Waals surface area contributed by atoms with Gasteiger partial charge in [0.15, 0.2) is 0 Å². The second kappa shape index (κ2) is 11.3. The van der Waals surface area contributed by atoms with Crippen molar-refractivity contribution in [3.05, 3.63) is 151 Å². The highest BCUT2D eigenvalue weighted by atomic mass is 32.1. The number of hydrogen-bond donors (Lipinski definition) is 0. The zero-order chi connectivity index (χ0) is 29.5. The van der Waals surface area contributed by atoms with Gasteiger partial charge in [0.2, 0.25) is 0 Å². The molecule has 0 saturated heterocycles. The minimum atomic E-state index is 1.12. The fraction of sp³-hybridized carbons (Fsp3) is 0.0952. The molecule has 0 unspecified atom stereocenters. The van der Waals surface area contributed by atoms with Crippen LogP contribution in [0.5, 0.6) is 0 Å². The predicted octanol–water partition coefficient (Wildman–Crippen LogP) is 12.8. The number of hydrogen-bond acceptors (Lipinski definition) is 2.